The van der Waals surface area contributed by atoms with E-state index in [0.717, 1.165) is 25.6 Å². The van der Waals surface area contributed by atoms with Crippen LogP contribution in [0.4, 0.5) is 0 Å². The van der Waals surface area contributed by atoms with Crippen molar-refractivity contribution in [1.82, 2.24) is 15.1 Å². The third-order valence-electron chi connectivity index (χ3n) is 3.77. The Kier molecular flexibility index (Phi) is 3.65. The molecule has 1 N–H and O–H groups in total. The molecule has 0 unspecified atom stereocenters. The number of hydrogen-bond acceptors (Lipinski definition) is 2. The molecule has 1 heterocycles. The van der Waals surface area contributed by atoms with Crippen LogP contribution in [0.5, 0.6) is 0 Å². The molecule has 3 rings (SSSR count). The maximum absolute atomic E-state index is 4.37. The molecule has 100 valence electrons. The summed E-state index contributed by atoms with van der Waals surface area (Å²) in [5, 5.41) is 7.95. The Morgan fingerprint density at radius 2 is 2.00 bits per heavy atom. The third kappa shape index (κ3) is 3.24. The molecular formula is C16H21N3. The van der Waals surface area contributed by atoms with Gasteiger partial charge in [0, 0.05) is 17.9 Å². The standard InChI is InChI=1S/C16H21N3/c1-13-8-11-18-19(13)12-15-5-3-2-4-14(15)9-10-17-16-6-7-16/h2-5,8,11,16-17H,6-7,9-10,12H2,1H3. The second-order valence-corrected chi connectivity index (χ2v) is 5.38. The van der Waals surface area contributed by atoms with E-state index < -0.39 is 0 Å². The number of aryl methyl sites for hydroxylation is 1. The second kappa shape index (κ2) is 5.57. The zero-order valence-corrected chi connectivity index (χ0v) is 11.5. The van der Waals surface area contributed by atoms with E-state index in [2.05, 4.69) is 52.4 Å². The van der Waals surface area contributed by atoms with Crippen molar-refractivity contribution >= 4 is 0 Å². The summed E-state index contributed by atoms with van der Waals surface area (Å²) in [6.45, 7) is 4.06. The summed E-state index contributed by atoms with van der Waals surface area (Å²) < 4.78 is 2.06. The lowest BCUT2D eigenvalue weighted by atomic mass is 10.0. The lowest BCUT2D eigenvalue weighted by Crippen LogP contribution is -2.20. The van der Waals surface area contributed by atoms with Gasteiger partial charge in [-0.05, 0) is 49.9 Å². The highest BCUT2D eigenvalue weighted by atomic mass is 15.3. The maximum Gasteiger partial charge on any atom is 0.0665 e. The number of nitrogens with zero attached hydrogens (tertiary/aromatic N) is 2. The summed E-state index contributed by atoms with van der Waals surface area (Å²) in [5.41, 5.74) is 4.03. The van der Waals surface area contributed by atoms with Crippen LogP contribution in [0.1, 0.15) is 29.7 Å². The monoisotopic (exact) mass is 255 g/mol. The van der Waals surface area contributed by atoms with Gasteiger partial charge in [-0.3, -0.25) is 4.68 Å². The average Bonchev–Trinajstić information content (AvgIpc) is 3.16. The van der Waals surface area contributed by atoms with Crippen LogP contribution in [-0.4, -0.2) is 22.4 Å². The van der Waals surface area contributed by atoms with Gasteiger partial charge in [-0.15, -0.1) is 0 Å². The smallest absolute Gasteiger partial charge is 0.0665 e. The summed E-state index contributed by atoms with van der Waals surface area (Å²) in [6.07, 6.45) is 5.68. The van der Waals surface area contributed by atoms with E-state index in [9.17, 15) is 0 Å². The molecule has 2 aromatic rings. The summed E-state index contributed by atoms with van der Waals surface area (Å²) in [7, 11) is 0. The summed E-state index contributed by atoms with van der Waals surface area (Å²) in [5.74, 6) is 0. The lowest BCUT2D eigenvalue weighted by molar-refractivity contribution is 0.648. The SMILES string of the molecule is Cc1ccnn1Cc1ccccc1CCNC1CC1. The molecule has 0 bridgehead atoms. The first-order chi connectivity index (χ1) is 9.33. The predicted octanol–water partition coefficient (Wildman–Crippen LogP) is 2.53. The molecule has 1 fully saturated rings. The van der Waals surface area contributed by atoms with Gasteiger partial charge in [0.1, 0.15) is 0 Å². The number of benzene rings is 1. The third-order valence-corrected chi connectivity index (χ3v) is 3.77. The lowest BCUT2D eigenvalue weighted by Gasteiger charge is -2.11. The molecule has 1 saturated carbocycles. The van der Waals surface area contributed by atoms with Gasteiger partial charge in [-0.1, -0.05) is 24.3 Å². The van der Waals surface area contributed by atoms with Gasteiger partial charge in [-0.25, -0.2) is 0 Å². The molecule has 3 nitrogen and oxygen atoms in total. The van der Waals surface area contributed by atoms with Crippen molar-refractivity contribution in [2.45, 2.75) is 38.8 Å². The van der Waals surface area contributed by atoms with Crippen LogP contribution in [0.25, 0.3) is 0 Å². The Morgan fingerprint density at radius 1 is 1.21 bits per heavy atom. The molecule has 3 heteroatoms. The Hall–Kier alpha value is -1.61. The Labute approximate surface area is 114 Å². The highest BCUT2D eigenvalue weighted by molar-refractivity contribution is 5.28. The predicted molar refractivity (Wildman–Crippen MR) is 77.2 cm³/mol. The quantitative estimate of drug-likeness (QED) is 0.859. The zero-order chi connectivity index (χ0) is 13.1. The molecular weight excluding hydrogens is 234 g/mol. The van der Waals surface area contributed by atoms with Gasteiger partial charge in [0.05, 0.1) is 6.54 Å². The van der Waals surface area contributed by atoms with E-state index in [-0.39, 0.29) is 0 Å². The molecule has 0 aliphatic heterocycles. The summed E-state index contributed by atoms with van der Waals surface area (Å²) in [4.78, 5) is 0. The van der Waals surface area contributed by atoms with E-state index in [4.69, 9.17) is 0 Å². The average molecular weight is 255 g/mol. The fourth-order valence-corrected chi connectivity index (χ4v) is 2.38. The van der Waals surface area contributed by atoms with Gasteiger partial charge in [0.2, 0.25) is 0 Å². The zero-order valence-electron chi connectivity index (χ0n) is 11.5. The number of aromatic nitrogens is 2. The molecule has 1 aliphatic carbocycles. The normalized spacial score (nSPS) is 14.8. The van der Waals surface area contributed by atoms with Crippen LogP contribution in [0.15, 0.2) is 36.5 Å². The second-order valence-electron chi connectivity index (χ2n) is 5.38. The van der Waals surface area contributed by atoms with Gasteiger partial charge >= 0.3 is 0 Å². The number of hydrogen-bond donors (Lipinski definition) is 1. The van der Waals surface area contributed by atoms with E-state index in [1.807, 2.05) is 6.20 Å². The van der Waals surface area contributed by atoms with Crippen LogP contribution >= 0.6 is 0 Å². The van der Waals surface area contributed by atoms with Crippen molar-refractivity contribution in [3.8, 4) is 0 Å². The minimum absolute atomic E-state index is 0.792. The first-order valence-electron chi connectivity index (χ1n) is 7.11. The minimum atomic E-state index is 0.792. The topological polar surface area (TPSA) is 29.9 Å². The van der Waals surface area contributed by atoms with Crippen molar-refractivity contribution in [3.05, 3.63) is 53.3 Å². The molecule has 0 atom stereocenters. The van der Waals surface area contributed by atoms with E-state index >= 15 is 0 Å². The van der Waals surface area contributed by atoms with Crippen LogP contribution < -0.4 is 5.32 Å². The first kappa shape index (κ1) is 12.4. The fraction of sp³-hybridized carbons (Fsp3) is 0.438. The number of nitrogens with one attached hydrogen (secondary N) is 1. The van der Waals surface area contributed by atoms with Crippen LogP contribution in [0, 0.1) is 6.92 Å². The summed E-state index contributed by atoms with van der Waals surface area (Å²) in [6, 6.07) is 11.5. The maximum atomic E-state index is 4.37. The molecule has 19 heavy (non-hydrogen) atoms. The first-order valence-corrected chi connectivity index (χ1v) is 7.11. The van der Waals surface area contributed by atoms with Crippen LogP contribution in [0.2, 0.25) is 0 Å². The van der Waals surface area contributed by atoms with Crippen molar-refractivity contribution in [3.63, 3.8) is 0 Å². The van der Waals surface area contributed by atoms with Gasteiger partial charge in [0.15, 0.2) is 0 Å². The molecule has 1 aliphatic rings. The molecule has 0 spiro atoms. The van der Waals surface area contributed by atoms with Gasteiger partial charge in [-0.2, -0.15) is 5.10 Å². The van der Waals surface area contributed by atoms with Crippen molar-refractivity contribution < 1.29 is 0 Å². The number of rotatable bonds is 6. The van der Waals surface area contributed by atoms with Crippen molar-refractivity contribution in [1.29, 1.82) is 0 Å². The molecule has 0 saturated heterocycles. The highest BCUT2D eigenvalue weighted by Gasteiger charge is 2.19. The Balaban J connectivity index is 1.67. The van der Waals surface area contributed by atoms with E-state index in [0.29, 0.717) is 0 Å². The van der Waals surface area contributed by atoms with Crippen molar-refractivity contribution in [2.24, 2.45) is 0 Å². The molecule has 1 aromatic heterocycles. The largest absolute Gasteiger partial charge is 0.314 e. The summed E-state index contributed by atoms with van der Waals surface area (Å²) >= 11 is 0. The van der Waals surface area contributed by atoms with E-state index in [1.54, 1.807) is 0 Å². The molecule has 1 aromatic carbocycles. The van der Waals surface area contributed by atoms with Gasteiger partial charge in [0.25, 0.3) is 0 Å². The van der Waals surface area contributed by atoms with Crippen LogP contribution in [0.3, 0.4) is 0 Å². The van der Waals surface area contributed by atoms with E-state index in [1.165, 1.54) is 29.7 Å². The molecule has 0 radical (unpaired) electrons. The van der Waals surface area contributed by atoms with Crippen molar-refractivity contribution in [2.75, 3.05) is 6.54 Å². The van der Waals surface area contributed by atoms with Crippen LogP contribution in [-0.2, 0) is 13.0 Å². The minimum Gasteiger partial charge on any atom is -0.314 e. The Bertz CT molecular complexity index is 540. The molecule has 0 amide bonds. The Morgan fingerprint density at radius 3 is 2.68 bits per heavy atom. The van der Waals surface area contributed by atoms with Gasteiger partial charge < -0.3 is 5.32 Å². The fourth-order valence-electron chi connectivity index (χ4n) is 2.38. The highest BCUT2D eigenvalue weighted by Crippen LogP contribution is 2.19.